The van der Waals surface area contributed by atoms with Crippen LogP contribution in [0.25, 0.3) is 0 Å². The van der Waals surface area contributed by atoms with Crippen molar-refractivity contribution >= 4 is 30.1 Å². The Bertz CT molecular complexity index is 1130. The number of rotatable bonds is 4. The van der Waals surface area contributed by atoms with Gasteiger partial charge >= 0.3 is 6.18 Å². The first-order valence-electron chi connectivity index (χ1n) is 7.84. The zero-order valence-electron chi connectivity index (χ0n) is 14.2. The number of carbonyl (C=O) groups is 1. The fourth-order valence-electron chi connectivity index (χ4n) is 2.43. The molecule has 1 amide bonds. The summed E-state index contributed by atoms with van der Waals surface area (Å²) in [6, 6.07) is 5.31. The van der Waals surface area contributed by atoms with E-state index in [2.05, 4.69) is 15.0 Å². The quantitative estimate of drug-likeness (QED) is 0.751. The zero-order chi connectivity index (χ0) is 21.2. The Hall–Kier alpha value is -3.52. The lowest BCUT2D eigenvalue weighted by atomic mass is 10.1. The molecule has 0 bridgehead atoms. The maximum absolute atomic E-state index is 13.3. The van der Waals surface area contributed by atoms with Crippen LogP contribution in [-0.4, -0.2) is 28.0 Å². The van der Waals surface area contributed by atoms with Gasteiger partial charge in [0.15, 0.2) is 5.69 Å². The van der Waals surface area contributed by atoms with Gasteiger partial charge in [0, 0.05) is 17.8 Å². The van der Waals surface area contributed by atoms with E-state index in [1.165, 1.54) is 12.3 Å². The molecule has 1 aromatic heterocycles. The fraction of sp³-hybridized carbons (Fsp3) is 0.176. The van der Waals surface area contributed by atoms with Crippen molar-refractivity contribution in [3.8, 4) is 17.6 Å². The van der Waals surface area contributed by atoms with Crippen LogP contribution in [0.2, 0.25) is 5.02 Å². The molecule has 0 N–H and O–H groups in total. The molecule has 0 saturated heterocycles. The second-order valence-corrected chi connectivity index (χ2v) is 6.19. The highest BCUT2D eigenvalue weighted by Gasteiger charge is 2.39. The van der Waals surface area contributed by atoms with Gasteiger partial charge in [0.2, 0.25) is 5.75 Å². The Morgan fingerprint density at radius 1 is 1.28 bits per heavy atom. The molecule has 1 aliphatic rings. The third-order valence-electron chi connectivity index (χ3n) is 3.71. The number of halogens is 4. The third kappa shape index (κ3) is 4.49. The van der Waals surface area contributed by atoms with Crippen molar-refractivity contribution in [2.75, 3.05) is 0 Å². The van der Waals surface area contributed by atoms with Crippen molar-refractivity contribution in [3.05, 3.63) is 51.2 Å². The molecule has 1 aromatic carbocycles. The summed E-state index contributed by atoms with van der Waals surface area (Å²) in [7, 11) is 0. The molecule has 2 heterocycles. The maximum atomic E-state index is 13.3. The number of carbonyl (C=O) groups excluding carboxylic acids is 1. The monoisotopic (exact) mass is 423 g/mol. The standard InChI is InChI=1S/C17H9ClF3N5O3/c18-11-1-9(4-22)2-12(3-11)29-13-14(17(19,20)21)25-8-26(16(13)28)6-10-5-23-7-24-15(10)27/h1-3,5,7-8,10H,6H2. The van der Waals surface area contributed by atoms with E-state index >= 15 is 0 Å². The molecule has 12 heteroatoms. The minimum absolute atomic E-state index is 0.0205. The third-order valence-corrected chi connectivity index (χ3v) is 3.93. The van der Waals surface area contributed by atoms with Crippen LogP contribution in [0, 0.1) is 17.2 Å². The summed E-state index contributed by atoms with van der Waals surface area (Å²) in [5, 5.41) is 8.99. The van der Waals surface area contributed by atoms with Gasteiger partial charge in [-0.15, -0.1) is 0 Å². The molecule has 0 radical (unpaired) electrons. The predicted molar refractivity (Wildman–Crippen MR) is 95.2 cm³/mol. The molecule has 0 aliphatic carbocycles. The van der Waals surface area contributed by atoms with Crippen LogP contribution in [-0.2, 0) is 17.5 Å². The van der Waals surface area contributed by atoms with Gasteiger partial charge in [-0.25, -0.2) is 15.0 Å². The molecule has 29 heavy (non-hydrogen) atoms. The highest BCUT2D eigenvalue weighted by Crippen LogP contribution is 2.35. The van der Waals surface area contributed by atoms with Crippen LogP contribution < -0.4 is 10.3 Å². The molecule has 0 fully saturated rings. The smallest absolute Gasteiger partial charge is 0.437 e. The van der Waals surface area contributed by atoms with Crippen LogP contribution in [0.1, 0.15) is 11.3 Å². The Kier molecular flexibility index (Phi) is 5.47. The minimum atomic E-state index is -4.99. The first-order valence-corrected chi connectivity index (χ1v) is 8.21. The average molecular weight is 424 g/mol. The molecule has 0 spiro atoms. The number of alkyl halides is 3. The van der Waals surface area contributed by atoms with Gasteiger partial charge in [0.05, 0.1) is 23.9 Å². The Balaban J connectivity index is 2.06. The summed E-state index contributed by atoms with van der Waals surface area (Å²) in [4.78, 5) is 34.8. The Morgan fingerprint density at radius 2 is 2.03 bits per heavy atom. The van der Waals surface area contributed by atoms with E-state index < -0.39 is 35.0 Å². The van der Waals surface area contributed by atoms with E-state index in [4.69, 9.17) is 21.6 Å². The number of nitriles is 1. The molecule has 8 nitrogen and oxygen atoms in total. The van der Waals surface area contributed by atoms with Gasteiger partial charge in [-0.3, -0.25) is 14.2 Å². The van der Waals surface area contributed by atoms with Crippen LogP contribution in [0.3, 0.4) is 0 Å². The number of hydrogen-bond donors (Lipinski definition) is 0. The molecular weight excluding hydrogens is 415 g/mol. The lowest BCUT2D eigenvalue weighted by Gasteiger charge is -2.16. The van der Waals surface area contributed by atoms with E-state index in [0.29, 0.717) is 6.33 Å². The molecular formula is C17H9ClF3N5O3. The normalized spacial score (nSPS) is 16.0. The highest BCUT2D eigenvalue weighted by atomic mass is 35.5. The number of aromatic nitrogens is 2. The SMILES string of the molecule is N#Cc1cc(Cl)cc(Oc2c(C(F)(F)F)ncn(CC3C=NC=NC3=O)c2=O)c1. The lowest BCUT2D eigenvalue weighted by molar-refractivity contribution is -0.142. The van der Waals surface area contributed by atoms with E-state index in [1.54, 1.807) is 6.07 Å². The number of hydrogen-bond acceptors (Lipinski definition) is 6. The summed E-state index contributed by atoms with van der Waals surface area (Å²) >= 11 is 5.82. The highest BCUT2D eigenvalue weighted by molar-refractivity contribution is 6.30. The number of benzene rings is 1. The van der Waals surface area contributed by atoms with E-state index in [-0.39, 0.29) is 22.9 Å². The largest absolute Gasteiger partial charge is 0.449 e. The van der Waals surface area contributed by atoms with Gasteiger partial charge in [0.25, 0.3) is 11.5 Å². The Morgan fingerprint density at radius 3 is 2.69 bits per heavy atom. The first-order chi connectivity index (χ1) is 13.7. The van der Waals surface area contributed by atoms with Crippen molar-refractivity contribution in [2.45, 2.75) is 12.7 Å². The molecule has 1 aliphatic heterocycles. The zero-order valence-corrected chi connectivity index (χ0v) is 15.0. The van der Waals surface area contributed by atoms with Gasteiger partial charge in [-0.05, 0) is 18.2 Å². The maximum Gasteiger partial charge on any atom is 0.437 e. The van der Waals surface area contributed by atoms with Crippen molar-refractivity contribution in [1.82, 2.24) is 9.55 Å². The topological polar surface area (TPSA) is 110 Å². The second-order valence-electron chi connectivity index (χ2n) is 5.75. The average Bonchev–Trinajstić information content (AvgIpc) is 2.65. The van der Waals surface area contributed by atoms with Crippen molar-refractivity contribution in [3.63, 3.8) is 0 Å². The summed E-state index contributed by atoms with van der Waals surface area (Å²) in [6.45, 7) is -0.334. The summed E-state index contributed by atoms with van der Waals surface area (Å²) in [5.41, 5.74) is -2.72. The number of ether oxygens (including phenoxy) is 1. The van der Waals surface area contributed by atoms with E-state index in [9.17, 15) is 22.8 Å². The first kappa shape index (κ1) is 20.2. The Labute approximate surface area is 165 Å². The van der Waals surface area contributed by atoms with Gasteiger partial charge in [-0.2, -0.15) is 18.4 Å². The summed E-state index contributed by atoms with van der Waals surface area (Å²) < 4.78 is 46.0. The van der Waals surface area contributed by atoms with Crippen LogP contribution in [0.4, 0.5) is 13.2 Å². The minimum Gasteiger partial charge on any atom is -0.449 e. The van der Waals surface area contributed by atoms with Crippen molar-refractivity contribution in [1.29, 1.82) is 5.26 Å². The summed E-state index contributed by atoms with van der Waals surface area (Å²) in [5.74, 6) is -2.92. The summed E-state index contributed by atoms with van der Waals surface area (Å²) in [6.07, 6.45) is -2.09. The number of amides is 1. The van der Waals surface area contributed by atoms with E-state index in [0.717, 1.165) is 23.0 Å². The van der Waals surface area contributed by atoms with Gasteiger partial charge in [0.1, 0.15) is 12.1 Å². The molecule has 148 valence electrons. The molecule has 1 unspecified atom stereocenters. The van der Waals surface area contributed by atoms with Crippen LogP contribution in [0.15, 0.2) is 39.3 Å². The second kappa shape index (κ2) is 7.84. The number of nitrogens with zero attached hydrogens (tertiary/aromatic N) is 5. The predicted octanol–water partition coefficient (Wildman–Crippen LogP) is 2.83. The molecule has 2 aromatic rings. The number of aliphatic imine (C=N–C) groups is 2. The molecule has 0 saturated carbocycles. The fourth-order valence-corrected chi connectivity index (χ4v) is 2.65. The molecule has 1 atom stereocenters. The van der Waals surface area contributed by atoms with E-state index in [1.807, 2.05) is 0 Å². The van der Waals surface area contributed by atoms with Crippen LogP contribution in [0.5, 0.6) is 11.5 Å². The molecule has 3 rings (SSSR count). The van der Waals surface area contributed by atoms with Crippen molar-refractivity contribution in [2.24, 2.45) is 15.9 Å². The van der Waals surface area contributed by atoms with Crippen LogP contribution >= 0.6 is 11.6 Å². The van der Waals surface area contributed by atoms with Crippen molar-refractivity contribution < 1.29 is 22.7 Å². The van der Waals surface area contributed by atoms with Gasteiger partial charge in [-0.1, -0.05) is 11.6 Å². The lowest BCUT2D eigenvalue weighted by Crippen LogP contribution is -2.31. The van der Waals surface area contributed by atoms with Gasteiger partial charge < -0.3 is 4.74 Å².